The molecule has 0 aliphatic carbocycles. The molecule has 1 saturated heterocycles. The van der Waals surface area contributed by atoms with Crippen molar-refractivity contribution < 1.29 is 28.7 Å². The van der Waals surface area contributed by atoms with Gasteiger partial charge in [-0.1, -0.05) is 58.5 Å². The third-order valence-electron chi connectivity index (χ3n) is 6.42. The number of hydrogen-bond donors (Lipinski definition) is 1. The first-order valence-electron chi connectivity index (χ1n) is 13.2. The number of rotatable bonds is 16. The van der Waals surface area contributed by atoms with Crippen LogP contribution in [0.15, 0.2) is 30.3 Å². The molecule has 0 bridgehead atoms. The summed E-state index contributed by atoms with van der Waals surface area (Å²) >= 11 is 0. The van der Waals surface area contributed by atoms with Gasteiger partial charge in [0.25, 0.3) is 0 Å². The van der Waals surface area contributed by atoms with Gasteiger partial charge in [0.05, 0.1) is 19.3 Å². The van der Waals surface area contributed by atoms with Crippen molar-refractivity contribution in [3.8, 4) is 0 Å². The summed E-state index contributed by atoms with van der Waals surface area (Å²) in [4.78, 5) is 53.1. The van der Waals surface area contributed by atoms with Crippen LogP contribution >= 0.6 is 0 Å². The first-order chi connectivity index (χ1) is 17.3. The van der Waals surface area contributed by atoms with E-state index in [1.54, 1.807) is 6.92 Å². The van der Waals surface area contributed by atoms with Crippen molar-refractivity contribution in [3.05, 3.63) is 35.9 Å². The molecule has 2 rings (SSSR count). The Morgan fingerprint density at radius 3 is 2.35 bits per heavy atom. The maximum Gasteiger partial charge on any atom is 0.408 e. The number of alkyl carbamates (subject to hydrolysis) is 1. The molecule has 1 fully saturated rings. The topological polar surface area (TPSA) is 102 Å². The number of amides is 1. The second-order valence-corrected chi connectivity index (χ2v) is 9.86. The Morgan fingerprint density at radius 2 is 1.73 bits per heavy atom. The van der Waals surface area contributed by atoms with E-state index in [-0.39, 0.29) is 38.6 Å². The Kier molecular flexibility index (Phi) is 15.6. The highest BCUT2D eigenvalue weighted by Gasteiger charge is 2.30. The van der Waals surface area contributed by atoms with E-state index >= 15 is 0 Å². The summed E-state index contributed by atoms with van der Waals surface area (Å²) in [6.07, 6.45) is 1.79. The van der Waals surface area contributed by atoms with Gasteiger partial charge in [-0.15, -0.1) is 0 Å². The predicted molar refractivity (Wildman–Crippen MR) is 144 cm³/mol. The standard InChI is InChI=1S/C28H42N2O6.CH4/c1-4-23(27(33)25(31)12-8-9-13-30-14-16-35-17-15-30)19-26(32)24(18-21(2)3)29-28(34)36-20-22-10-6-5-7-11-22;/h5-7,10-11,21,23-24H,4,8-9,12-20H2,1-3H3,(H,29,34);1H4/t23?,24-;/m0./s1. The van der Waals surface area contributed by atoms with E-state index in [0.29, 0.717) is 19.3 Å². The Morgan fingerprint density at radius 1 is 1.05 bits per heavy atom. The normalized spacial score (nSPS) is 15.4. The van der Waals surface area contributed by atoms with Gasteiger partial charge < -0.3 is 14.8 Å². The average molecular weight is 519 g/mol. The van der Waals surface area contributed by atoms with Gasteiger partial charge >= 0.3 is 6.09 Å². The van der Waals surface area contributed by atoms with E-state index in [2.05, 4.69) is 10.2 Å². The number of Topliss-reactive ketones (excluding diaryl/α,β-unsaturated/α-hetero) is 3. The van der Waals surface area contributed by atoms with E-state index in [4.69, 9.17) is 9.47 Å². The van der Waals surface area contributed by atoms with Crippen molar-refractivity contribution in [2.75, 3.05) is 32.8 Å². The van der Waals surface area contributed by atoms with Crippen LogP contribution in [0.1, 0.15) is 72.3 Å². The molecule has 0 saturated carbocycles. The van der Waals surface area contributed by atoms with Gasteiger partial charge in [-0.05, 0) is 43.7 Å². The van der Waals surface area contributed by atoms with Gasteiger partial charge in [-0.2, -0.15) is 0 Å². The molecule has 1 aliphatic rings. The molecule has 8 heteroatoms. The highest BCUT2D eigenvalue weighted by atomic mass is 16.5. The fourth-order valence-electron chi connectivity index (χ4n) is 4.25. The molecular formula is C29H46N2O6. The number of unbranched alkanes of at least 4 members (excludes halogenated alkanes) is 1. The Hall–Kier alpha value is -2.58. The third kappa shape index (κ3) is 12.5. The summed E-state index contributed by atoms with van der Waals surface area (Å²) in [5.41, 5.74) is 0.847. The van der Waals surface area contributed by atoms with E-state index in [1.807, 2.05) is 44.2 Å². The van der Waals surface area contributed by atoms with Crippen molar-refractivity contribution in [1.29, 1.82) is 0 Å². The molecule has 0 spiro atoms. The molecule has 1 heterocycles. The predicted octanol–water partition coefficient (Wildman–Crippen LogP) is 4.59. The van der Waals surface area contributed by atoms with Gasteiger partial charge in [0, 0.05) is 31.8 Å². The summed E-state index contributed by atoms with van der Waals surface area (Å²) in [6, 6.07) is 8.52. The minimum atomic E-state index is -0.765. The van der Waals surface area contributed by atoms with Crippen LogP contribution in [0.4, 0.5) is 4.79 Å². The molecule has 37 heavy (non-hydrogen) atoms. The van der Waals surface area contributed by atoms with Gasteiger partial charge in [0.1, 0.15) is 6.61 Å². The molecule has 1 aromatic rings. The van der Waals surface area contributed by atoms with Crippen LogP contribution in [0.3, 0.4) is 0 Å². The van der Waals surface area contributed by atoms with Crippen molar-refractivity contribution in [2.24, 2.45) is 11.8 Å². The SMILES string of the molecule is C.CCC(CC(=O)[C@H](CC(C)C)NC(=O)OCc1ccccc1)C(=O)C(=O)CCCCN1CCOCC1. The zero-order valence-electron chi connectivity index (χ0n) is 22.0. The molecule has 1 aromatic carbocycles. The molecule has 8 nitrogen and oxygen atoms in total. The molecule has 0 aromatic heterocycles. The molecule has 2 atom stereocenters. The minimum Gasteiger partial charge on any atom is -0.445 e. The lowest BCUT2D eigenvalue weighted by Crippen LogP contribution is -2.43. The smallest absolute Gasteiger partial charge is 0.408 e. The van der Waals surface area contributed by atoms with Crippen LogP contribution in [-0.2, 0) is 30.5 Å². The Labute approximate surface area is 222 Å². The van der Waals surface area contributed by atoms with Gasteiger partial charge in [0.15, 0.2) is 11.6 Å². The van der Waals surface area contributed by atoms with Gasteiger partial charge in [-0.3, -0.25) is 19.3 Å². The summed E-state index contributed by atoms with van der Waals surface area (Å²) in [6.45, 7) is 9.99. The monoisotopic (exact) mass is 518 g/mol. The second-order valence-electron chi connectivity index (χ2n) is 9.86. The fraction of sp³-hybridized carbons (Fsp3) is 0.655. The maximum absolute atomic E-state index is 13.1. The lowest BCUT2D eigenvalue weighted by atomic mass is 9.87. The zero-order valence-corrected chi connectivity index (χ0v) is 22.0. The molecule has 1 N–H and O–H groups in total. The number of carbonyl (C=O) groups excluding carboxylic acids is 4. The lowest BCUT2D eigenvalue weighted by Gasteiger charge is -2.26. The van der Waals surface area contributed by atoms with Crippen molar-refractivity contribution in [3.63, 3.8) is 0 Å². The van der Waals surface area contributed by atoms with Crippen LogP contribution in [0.2, 0.25) is 0 Å². The molecule has 0 radical (unpaired) electrons. The average Bonchev–Trinajstić information content (AvgIpc) is 2.88. The molecular weight excluding hydrogens is 472 g/mol. The molecule has 1 unspecified atom stereocenters. The largest absolute Gasteiger partial charge is 0.445 e. The first-order valence-corrected chi connectivity index (χ1v) is 13.2. The third-order valence-corrected chi connectivity index (χ3v) is 6.42. The van der Waals surface area contributed by atoms with Crippen LogP contribution in [0.5, 0.6) is 0 Å². The minimum absolute atomic E-state index is 0. The summed E-state index contributed by atoms with van der Waals surface area (Å²) in [7, 11) is 0. The van der Waals surface area contributed by atoms with Crippen molar-refractivity contribution >= 4 is 23.4 Å². The van der Waals surface area contributed by atoms with E-state index in [1.165, 1.54) is 0 Å². The van der Waals surface area contributed by atoms with Crippen molar-refractivity contribution in [2.45, 2.75) is 79.4 Å². The van der Waals surface area contributed by atoms with Crippen LogP contribution in [0, 0.1) is 11.8 Å². The number of carbonyl (C=O) groups is 4. The quantitative estimate of drug-likeness (QED) is 0.252. The second kappa shape index (κ2) is 17.8. The van der Waals surface area contributed by atoms with Gasteiger partial charge in [-0.25, -0.2) is 4.79 Å². The number of nitrogens with zero attached hydrogens (tertiary/aromatic N) is 1. The number of morpholine rings is 1. The molecule has 208 valence electrons. The number of ether oxygens (including phenoxy) is 2. The lowest BCUT2D eigenvalue weighted by molar-refractivity contribution is -0.140. The fourth-order valence-corrected chi connectivity index (χ4v) is 4.25. The van der Waals surface area contributed by atoms with Crippen LogP contribution in [0.25, 0.3) is 0 Å². The Balaban J connectivity index is 0.00000684. The van der Waals surface area contributed by atoms with Crippen molar-refractivity contribution in [1.82, 2.24) is 10.2 Å². The number of benzene rings is 1. The summed E-state index contributed by atoms with van der Waals surface area (Å²) in [5.74, 6) is -1.65. The molecule has 1 amide bonds. The van der Waals surface area contributed by atoms with Gasteiger partial charge in [0.2, 0.25) is 5.78 Å². The van der Waals surface area contributed by atoms with E-state index < -0.39 is 29.6 Å². The first kappa shape index (κ1) is 32.4. The maximum atomic E-state index is 13.1. The Bertz CT molecular complexity index is 836. The van der Waals surface area contributed by atoms with Crippen LogP contribution < -0.4 is 5.32 Å². The summed E-state index contributed by atoms with van der Waals surface area (Å²) in [5, 5.41) is 2.67. The number of hydrogen-bond acceptors (Lipinski definition) is 7. The highest BCUT2D eigenvalue weighted by Crippen LogP contribution is 2.17. The van der Waals surface area contributed by atoms with E-state index in [9.17, 15) is 19.2 Å². The number of nitrogens with one attached hydrogen (secondary N) is 1. The molecule has 1 aliphatic heterocycles. The zero-order chi connectivity index (χ0) is 26.3. The van der Waals surface area contributed by atoms with Crippen LogP contribution in [-0.4, -0.2) is 67.2 Å². The van der Waals surface area contributed by atoms with E-state index in [0.717, 1.165) is 44.8 Å². The summed E-state index contributed by atoms with van der Waals surface area (Å²) < 4.78 is 10.6. The number of ketones is 3. The highest BCUT2D eigenvalue weighted by molar-refractivity contribution is 6.38.